The van der Waals surface area contributed by atoms with Gasteiger partial charge in [-0.15, -0.1) is 11.6 Å². The van der Waals surface area contributed by atoms with Gasteiger partial charge in [0.25, 0.3) is 0 Å². The summed E-state index contributed by atoms with van der Waals surface area (Å²) in [7, 11) is 1.60. The van der Waals surface area contributed by atoms with Gasteiger partial charge in [0, 0.05) is 0 Å². The minimum Gasteiger partial charge on any atom is -0.496 e. The summed E-state index contributed by atoms with van der Waals surface area (Å²) in [4.78, 5) is 10.9. The molecule has 4 heteroatoms. The number of ether oxygens (including phenoxy) is 1. The van der Waals surface area contributed by atoms with Crippen LogP contribution in [0.3, 0.4) is 0 Å². The number of hydrogen-bond donors (Lipinski definition) is 1. The SMILES string of the molecule is COc1ccc(C(Cl)C(=O)O)cc1C(C)(C)C. The molecule has 1 unspecified atom stereocenters. The van der Waals surface area contributed by atoms with Crippen LogP contribution in [0, 0.1) is 0 Å². The number of carbonyl (C=O) groups is 1. The predicted octanol–water partition coefficient (Wildman–Crippen LogP) is 3.36. The molecule has 17 heavy (non-hydrogen) atoms. The van der Waals surface area contributed by atoms with E-state index < -0.39 is 11.3 Å². The van der Waals surface area contributed by atoms with Gasteiger partial charge in [0.2, 0.25) is 0 Å². The van der Waals surface area contributed by atoms with E-state index in [1.165, 1.54) is 0 Å². The Balaban J connectivity index is 3.27. The minimum atomic E-state index is -1.04. The highest BCUT2D eigenvalue weighted by atomic mass is 35.5. The molecule has 0 heterocycles. The molecule has 0 aliphatic rings. The molecule has 1 rings (SSSR count). The number of carboxylic acids is 1. The lowest BCUT2D eigenvalue weighted by Crippen LogP contribution is -2.14. The standard InChI is InChI=1S/C13H17ClO3/c1-13(2,3)9-7-8(11(14)12(15)16)5-6-10(9)17-4/h5-7,11H,1-4H3,(H,15,16). The van der Waals surface area contributed by atoms with Crippen molar-refractivity contribution in [2.75, 3.05) is 7.11 Å². The van der Waals surface area contributed by atoms with Crippen molar-refractivity contribution in [1.29, 1.82) is 0 Å². The normalized spacial score (nSPS) is 13.2. The fourth-order valence-electron chi connectivity index (χ4n) is 1.61. The summed E-state index contributed by atoms with van der Waals surface area (Å²) in [5, 5.41) is 7.87. The van der Waals surface area contributed by atoms with Crippen LogP contribution in [0.25, 0.3) is 0 Å². The van der Waals surface area contributed by atoms with Gasteiger partial charge >= 0.3 is 5.97 Å². The van der Waals surface area contributed by atoms with Gasteiger partial charge in [-0.05, 0) is 28.7 Å². The van der Waals surface area contributed by atoms with Crippen LogP contribution in [-0.2, 0) is 10.2 Å². The Labute approximate surface area is 106 Å². The summed E-state index contributed by atoms with van der Waals surface area (Å²) in [6.45, 7) is 6.12. The number of rotatable bonds is 3. The van der Waals surface area contributed by atoms with Gasteiger partial charge in [-0.25, -0.2) is 0 Å². The number of aliphatic carboxylic acids is 1. The first-order valence-electron chi connectivity index (χ1n) is 5.32. The van der Waals surface area contributed by atoms with Crippen molar-refractivity contribution in [3.8, 4) is 5.75 Å². The van der Waals surface area contributed by atoms with Crippen molar-refractivity contribution >= 4 is 17.6 Å². The number of halogens is 1. The van der Waals surface area contributed by atoms with E-state index in [0.717, 1.165) is 11.3 Å². The molecule has 0 aliphatic heterocycles. The zero-order chi connectivity index (χ0) is 13.2. The van der Waals surface area contributed by atoms with Crippen LogP contribution >= 0.6 is 11.6 Å². The molecule has 0 radical (unpaired) electrons. The lowest BCUT2D eigenvalue weighted by molar-refractivity contribution is -0.136. The third-order valence-electron chi connectivity index (χ3n) is 2.54. The van der Waals surface area contributed by atoms with E-state index in [1.807, 2.05) is 20.8 Å². The second kappa shape index (κ2) is 4.96. The first-order chi connectivity index (χ1) is 7.77. The zero-order valence-corrected chi connectivity index (χ0v) is 11.2. The number of hydrogen-bond acceptors (Lipinski definition) is 2. The largest absolute Gasteiger partial charge is 0.496 e. The molecule has 1 aromatic rings. The minimum absolute atomic E-state index is 0.129. The highest BCUT2D eigenvalue weighted by molar-refractivity contribution is 6.29. The van der Waals surface area contributed by atoms with Crippen molar-refractivity contribution in [2.45, 2.75) is 31.6 Å². The number of carboxylic acid groups (broad SMARTS) is 1. The number of benzene rings is 1. The third kappa shape index (κ3) is 3.13. The molecule has 1 aromatic carbocycles. The lowest BCUT2D eigenvalue weighted by atomic mass is 9.85. The van der Waals surface area contributed by atoms with E-state index in [4.69, 9.17) is 21.4 Å². The molecule has 1 N–H and O–H groups in total. The molecule has 0 saturated heterocycles. The molecular weight excluding hydrogens is 240 g/mol. The quantitative estimate of drug-likeness (QED) is 0.844. The second-order valence-corrected chi connectivity index (χ2v) is 5.35. The molecule has 0 fully saturated rings. The van der Waals surface area contributed by atoms with Crippen molar-refractivity contribution in [2.24, 2.45) is 0 Å². The molecule has 1 atom stereocenters. The molecule has 0 amide bonds. The Bertz CT molecular complexity index is 421. The van der Waals surface area contributed by atoms with E-state index in [0.29, 0.717) is 5.56 Å². The molecule has 0 bridgehead atoms. The molecule has 94 valence electrons. The molecule has 0 aromatic heterocycles. The molecule has 3 nitrogen and oxygen atoms in total. The molecule has 0 spiro atoms. The topological polar surface area (TPSA) is 46.5 Å². The van der Waals surface area contributed by atoms with E-state index >= 15 is 0 Å². The van der Waals surface area contributed by atoms with E-state index in [9.17, 15) is 4.79 Å². The van der Waals surface area contributed by atoms with E-state index in [-0.39, 0.29) is 5.41 Å². The number of alkyl halides is 1. The fourth-order valence-corrected chi connectivity index (χ4v) is 1.75. The third-order valence-corrected chi connectivity index (χ3v) is 2.98. The van der Waals surface area contributed by atoms with Crippen LogP contribution in [0.1, 0.15) is 37.3 Å². The maximum atomic E-state index is 10.9. The summed E-state index contributed by atoms with van der Waals surface area (Å²) < 4.78 is 5.28. The average molecular weight is 257 g/mol. The van der Waals surface area contributed by atoms with Crippen LogP contribution in [0.5, 0.6) is 5.75 Å². The summed E-state index contributed by atoms with van der Waals surface area (Å²) in [5.41, 5.74) is 1.39. The monoisotopic (exact) mass is 256 g/mol. The predicted molar refractivity (Wildman–Crippen MR) is 67.9 cm³/mol. The van der Waals surface area contributed by atoms with Gasteiger partial charge in [0.15, 0.2) is 5.38 Å². The summed E-state index contributed by atoms with van der Waals surface area (Å²) in [6, 6.07) is 5.23. The van der Waals surface area contributed by atoms with E-state index in [2.05, 4.69) is 0 Å². The lowest BCUT2D eigenvalue weighted by Gasteiger charge is -2.23. The highest BCUT2D eigenvalue weighted by Crippen LogP contribution is 2.34. The van der Waals surface area contributed by atoms with Crippen molar-refractivity contribution in [3.63, 3.8) is 0 Å². The average Bonchev–Trinajstić information content (AvgIpc) is 2.25. The van der Waals surface area contributed by atoms with E-state index in [1.54, 1.807) is 25.3 Å². The Morgan fingerprint density at radius 3 is 2.41 bits per heavy atom. The Morgan fingerprint density at radius 2 is 2.00 bits per heavy atom. The van der Waals surface area contributed by atoms with Gasteiger partial charge < -0.3 is 9.84 Å². The van der Waals surface area contributed by atoms with Crippen molar-refractivity contribution in [1.82, 2.24) is 0 Å². The zero-order valence-electron chi connectivity index (χ0n) is 10.5. The Kier molecular flexibility index (Phi) is 4.04. The molecule has 0 aliphatic carbocycles. The van der Waals surface area contributed by atoms with Gasteiger partial charge in [-0.1, -0.05) is 26.8 Å². The summed E-state index contributed by atoms with van der Waals surface area (Å²) >= 11 is 5.82. The molecule has 0 saturated carbocycles. The number of methoxy groups -OCH3 is 1. The van der Waals surface area contributed by atoms with Crippen LogP contribution in [0.15, 0.2) is 18.2 Å². The Morgan fingerprint density at radius 1 is 1.41 bits per heavy atom. The van der Waals surface area contributed by atoms with Crippen molar-refractivity contribution in [3.05, 3.63) is 29.3 Å². The van der Waals surface area contributed by atoms with Crippen LogP contribution < -0.4 is 4.74 Å². The first kappa shape index (κ1) is 13.8. The van der Waals surface area contributed by atoms with Gasteiger partial charge in [-0.3, -0.25) is 4.79 Å². The Hall–Kier alpha value is -1.22. The summed E-state index contributed by atoms with van der Waals surface area (Å²) in [6.07, 6.45) is 0. The van der Waals surface area contributed by atoms with Crippen LogP contribution in [-0.4, -0.2) is 18.2 Å². The fraction of sp³-hybridized carbons (Fsp3) is 0.462. The maximum Gasteiger partial charge on any atom is 0.326 e. The first-order valence-corrected chi connectivity index (χ1v) is 5.76. The van der Waals surface area contributed by atoms with Gasteiger partial charge in [0.1, 0.15) is 5.75 Å². The van der Waals surface area contributed by atoms with Crippen LogP contribution in [0.4, 0.5) is 0 Å². The smallest absolute Gasteiger partial charge is 0.326 e. The second-order valence-electron chi connectivity index (χ2n) is 4.91. The van der Waals surface area contributed by atoms with Crippen LogP contribution in [0.2, 0.25) is 0 Å². The highest BCUT2D eigenvalue weighted by Gasteiger charge is 2.23. The van der Waals surface area contributed by atoms with Gasteiger partial charge in [-0.2, -0.15) is 0 Å². The molecular formula is C13H17ClO3. The van der Waals surface area contributed by atoms with Crippen molar-refractivity contribution < 1.29 is 14.6 Å². The maximum absolute atomic E-state index is 10.9. The van der Waals surface area contributed by atoms with Gasteiger partial charge in [0.05, 0.1) is 7.11 Å². The summed E-state index contributed by atoms with van der Waals surface area (Å²) in [5.74, 6) is -0.299.